The molecule has 1 saturated carbocycles. The molecule has 7 unspecified atom stereocenters. The minimum Gasteiger partial charge on any atom is -0.459 e. The van der Waals surface area contributed by atoms with Gasteiger partial charge < -0.3 is 43.6 Å². The first-order valence-corrected chi connectivity index (χ1v) is 16.4. The summed E-state index contributed by atoms with van der Waals surface area (Å²) < 4.78 is 35.8. The van der Waals surface area contributed by atoms with Crippen LogP contribution >= 0.6 is 0 Å². The van der Waals surface area contributed by atoms with Crippen LogP contribution in [0.2, 0.25) is 0 Å². The number of aliphatic imine (C=N–C) groups is 1. The highest BCUT2D eigenvalue weighted by Gasteiger charge is 2.82. The second-order valence-corrected chi connectivity index (χ2v) is 12.5. The third kappa shape index (κ3) is 7.64. The number of aldehydes is 1. The average Bonchev–Trinajstić information content (AvgIpc) is 3.85. The van der Waals surface area contributed by atoms with Crippen molar-refractivity contribution in [2.75, 3.05) is 6.61 Å². The third-order valence-corrected chi connectivity index (χ3v) is 9.12. The molecule has 2 aliphatic heterocycles. The van der Waals surface area contributed by atoms with Crippen LogP contribution in [0, 0.1) is 5.92 Å². The van der Waals surface area contributed by atoms with Gasteiger partial charge in [-0.2, -0.15) is 0 Å². The number of benzene rings is 3. The fraction of sp³-hybridized carbons (Fsp3) is 0.378. The van der Waals surface area contributed by atoms with Crippen LogP contribution in [-0.2, 0) is 62.6 Å². The number of alkyl carbamates (subject to hydrolysis) is 1. The molecule has 1 saturated heterocycles. The lowest BCUT2D eigenvalue weighted by Gasteiger charge is -2.56. The number of guanidine groups is 1. The maximum atomic E-state index is 13.1. The Balaban J connectivity index is 1.38. The number of hydrogen-bond acceptors (Lipinski definition) is 13. The van der Waals surface area contributed by atoms with E-state index in [0.717, 1.165) is 11.1 Å². The van der Waals surface area contributed by atoms with E-state index < -0.39 is 65.7 Å². The van der Waals surface area contributed by atoms with Crippen LogP contribution in [0.15, 0.2) is 96.0 Å². The Kier molecular flexibility index (Phi) is 10.8. The van der Waals surface area contributed by atoms with Crippen molar-refractivity contribution in [3.63, 3.8) is 0 Å². The number of carbonyl (C=O) groups is 4. The molecule has 3 aromatic rings. The van der Waals surface area contributed by atoms with Gasteiger partial charge in [0.05, 0.1) is 25.7 Å². The molecule has 0 aromatic heterocycles. The molecule has 14 heteroatoms. The molecule has 1 aliphatic carbocycles. The Morgan fingerprint density at radius 2 is 1.41 bits per heavy atom. The molecule has 0 radical (unpaired) electrons. The van der Waals surface area contributed by atoms with E-state index in [-0.39, 0.29) is 32.4 Å². The highest BCUT2D eigenvalue weighted by Crippen LogP contribution is 2.58. The Morgan fingerprint density at radius 1 is 0.863 bits per heavy atom. The lowest BCUT2D eigenvalue weighted by Crippen LogP contribution is -2.81. The van der Waals surface area contributed by atoms with E-state index in [2.05, 4.69) is 15.6 Å². The second-order valence-electron chi connectivity index (χ2n) is 12.5. The number of rotatable bonds is 13. The van der Waals surface area contributed by atoms with E-state index in [9.17, 15) is 24.3 Å². The number of amides is 1. The van der Waals surface area contributed by atoms with Crippen molar-refractivity contribution in [1.29, 1.82) is 0 Å². The zero-order valence-corrected chi connectivity index (χ0v) is 28.0. The number of epoxide rings is 1. The number of fused-ring (bicyclic) bond motifs is 2. The molecule has 1 amide bonds. The molecule has 14 nitrogen and oxygen atoms in total. The number of esters is 2. The van der Waals surface area contributed by atoms with Crippen molar-refractivity contribution >= 4 is 30.3 Å². The normalized spacial score (nSPS) is 28.0. The quantitative estimate of drug-likeness (QED) is 0.103. The lowest BCUT2D eigenvalue weighted by molar-refractivity contribution is -0.202. The van der Waals surface area contributed by atoms with Gasteiger partial charge in [0.2, 0.25) is 5.96 Å². The maximum absolute atomic E-state index is 13.1. The molecular formula is C37H39N3O11. The topological polar surface area (TPSA) is 184 Å². The summed E-state index contributed by atoms with van der Waals surface area (Å²) in [5.74, 6) is -3.10. The van der Waals surface area contributed by atoms with Gasteiger partial charge in [-0.15, -0.1) is 0 Å². The van der Waals surface area contributed by atoms with Crippen LogP contribution in [0.5, 0.6) is 0 Å². The summed E-state index contributed by atoms with van der Waals surface area (Å²) in [6.07, 6.45) is -7.39. The van der Waals surface area contributed by atoms with Crippen molar-refractivity contribution in [3.05, 3.63) is 108 Å². The first kappa shape index (κ1) is 35.7. The van der Waals surface area contributed by atoms with Crippen LogP contribution in [0.25, 0.3) is 0 Å². The van der Waals surface area contributed by atoms with E-state index in [4.69, 9.17) is 28.4 Å². The number of aliphatic hydroxyl groups is 1. The van der Waals surface area contributed by atoms with Gasteiger partial charge in [-0.1, -0.05) is 91.0 Å². The van der Waals surface area contributed by atoms with E-state index in [1.165, 1.54) is 13.8 Å². The van der Waals surface area contributed by atoms with Crippen molar-refractivity contribution in [1.82, 2.24) is 10.6 Å². The van der Waals surface area contributed by atoms with Gasteiger partial charge in [-0.25, -0.2) is 9.79 Å². The first-order valence-electron chi connectivity index (χ1n) is 16.4. The van der Waals surface area contributed by atoms with Gasteiger partial charge in [0, 0.05) is 13.8 Å². The summed E-state index contributed by atoms with van der Waals surface area (Å²) in [6, 6.07) is 27.3. The zero-order valence-electron chi connectivity index (χ0n) is 28.0. The van der Waals surface area contributed by atoms with Crippen LogP contribution in [0.1, 0.15) is 30.5 Å². The van der Waals surface area contributed by atoms with Crippen LogP contribution in [0.4, 0.5) is 4.79 Å². The highest BCUT2D eigenvalue weighted by molar-refractivity contribution is 5.95. The monoisotopic (exact) mass is 701 g/mol. The SMILES string of the molecule is CC(=O)OC1C2C(O)N=C(NC(=O)OCc3ccccc3)NC2([C@@H](C=O)OCc2ccccc2)C(OC(C)=O)C2OC21COCc1ccccc1. The van der Waals surface area contributed by atoms with Gasteiger partial charge in [0.1, 0.15) is 30.5 Å². The highest BCUT2D eigenvalue weighted by atomic mass is 16.7. The predicted molar refractivity (Wildman–Crippen MR) is 178 cm³/mol. The van der Waals surface area contributed by atoms with Crippen molar-refractivity contribution in [2.24, 2.45) is 10.9 Å². The maximum Gasteiger partial charge on any atom is 0.414 e. The summed E-state index contributed by atoms with van der Waals surface area (Å²) in [5, 5.41) is 17.4. The molecule has 3 aromatic carbocycles. The van der Waals surface area contributed by atoms with Gasteiger partial charge in [-0.3, -0.25) is 14.9 Å². The van der Waals surface area contributed by atoms with Gasteiger partial charge in [0.15, 0.2) is 24.2 Å². The number of ether oxygens (including phenoxy) is 6. The Morgan fingerprint density at radius 3 is 1.98 bits per heavy atom. The van der Waals surface area contributed by atoms with Gasteiger partial charge in [-0.05, 0) is 16.7 Å². The summed E-state index contributed by atoms with van der Waals surface area (Å²) in [5.41, 5.74) is -1.03. The first-order chi connectivity index (χ1) is 24.7. The van der Waals surface area contributed by atoms with Gasteiger partial charge in [0.25, 0.3) is 0 Å². The van der Waals surface area contributed by atoms with E-state index in [1.54, 1.807) is 48.5 Å². The van der Waals surface area contributed by atoms with Crippen LogP contribution < -0.4 is 10.6 Å². The van der Waals surface area contributed by atoms with Crippen molar-refractivity contribution < 1.29 is 52.7 Å². The molecule has 8 atom stereocenters. The molecule has 0 spiro atoms. The van der Waals surface area contributed by atoms with E-state index >= 15 is 0 Å². The van der Waals surface area contributed by atoms with E-state index in [1.807, 2.05) is 42.5 Å². The molecule has 3 aliphatic rings. The molecule has 268 valence electrons. The standard InChI is InChI=1S/C37H39N3O11/c1-23(42)49-30-29-33(44)38-34(39-35(45)48-21-27-16-10-5-11-17-27)40-37(29,28(18-41)47-20-26-14-8-4-9-15-26)32(50-24(2)43)31-36(30,51-31)22-46-19-25-12-6-3-7-13-25/h3-18,28-33,44H,19-22H2,1-2H3,(H2,38,39,40,45)/t28-,29?,30?,31?,32?,33?,36?,37?/m1/s1. The minimum absolute atomic E-state index is 0.0700. The molecule has 51 heavy (non-hydrogen) atoms. The molecule has 2 heterocycles. The largest absolute Gasteiger partial charge is 0.459 e. The van der Waals surface area contributed by atoms with Crippen LogP contribution in [0.3, 0.4) is 0 Å². The van der Waals surface area contributed by atoms with Crippen molar-refractivity contribution in [3.8, 4) is 0 Å². The summed E-state index contributed by atoms with van der Waals surface area (Å²) in [4.78, 5) is 55.9. The number of nitrogens with one attached hydrogen (secondary N) is 2. The molecule has 0 bridgehead atoms. The second kappa shape index (κ2) is 15.4. The molecule has 3 N–H and O–H groups in total. The average molecular weight is 702 g/mol. The Bertz CT molecular complexity index is 1730. The van der Waals surface area contributed by atoms with E-state index in [0.29, 0.717) is 11.8 Å². The molecular weight excluding hydrogens is 662 g/mol. The smallest absolute Gasteiger partial charge is 0.414 e. The van der Waals surface area contributed by atoms with Gasteiger partial charge >= 0.3 is 18.0 Å². The number of hydrogen-bond donors (Lipinski definition) is 3. The number of aliphatic hydroxyl groups excluding tert-OH is 1. The number of nitrogens with zero attached hydrogens (tertiary/aromatic N) is 1. The lowest BCUT2D eigenvalue weighted by atomic mass is 9.61. The van der Waals surface area contributed by atoms with Crippen LogP contribution in [-0.4, -0.2) is 83.8 Å². The fourth-order valence-corrected chi connectivity index (χ4v) is 6.93. The Labute approximate surface area is 294 Å². The zero-order chi connectivity index (χ0) is 36.0. The fourth-order valence-electron chi connectivity index (χ4n) is 6.93. The third-order valence-electron chi connectivity index (χ3n) is 9.12. The van der Waals surface area contributed by atoms with Crippen molar-refractivity contribution in [2.45, 2.75) is 75.5 Å². The summed E-state index contributed by atoms with van der Waals surface area (Å²) in [6.45, 7) is 2.27. The molecule has 6 rings (SSSR count). The summed E-state index contributed by atoms with van der Waals surface area (Å²) in [7, 11) is 0. The molecule has 2 fully saturated rings. The number of carbonyl (C=O) groups excluding carboxylic acids is 4. The minimum atomic E-state index is -1.92. The predicted octanol–water partition coefficient (Wildman–Crippen LogP) is 2.56. The summed E-state index contributed by atoms with van der Waals surface area (Å²) >= 11 is 0. The Hall–Kier alpha value is -5.15.